The topological polar surface area (TPSA) is 61.8 Å². The van der Waals surface area contributed by atoms with Crippen molar-refractivity contribution in [2.24, 2.45) is 11.0 Å². The predicted octanol–water partition coefficient (Wildman–Crippen LogP) is 3.15. The van der Waals surface area contributed by atoms with Gasteiger partial charge in [0.1, 0.15) is 0 Å². The molecular formula is C20H19N3O2. The Kier molecular flexibility index (Phi) is 3.84. The van der Waals surface area contributed by atoms with Crippen LogP contribution in [0.1, 0.15) is 24.5 Å². The minimum atomic E-state index is -0.881. The number of anilines is 2. The molecule has 0 saturated carbocycles. The summed E-state index contributed by atoms with van der Waals surface area (Å²) in [4.78, 5) is 25.4. The van der Waals surface area contributed by atoms with Gasteiger partial charge in [0.15, 0.2) is 5.92 Å². The number of nitrogens with one attached hydrogen (secondary N) is 1. The molecule has 2 aromatic rings. The van der Waals surface area contributed by atoms with Crippen LogP contribution >= 0.6 is 0 Å². The Morgan fingerprint density at radius 3 is 2.68 bits per heavy atom. The average Bonchev–Trinajstić information content (AvgIpc) is 3.19. The number of benzene rings is 2. The Hall–Kier alpha value is -2.95. The van der Waals surface area contributed by atoms with Crippen molar-refractivity contribution in [1.29, 1.82) is 0 Å². The third kappa shape index (κ3) is 2.82. The van der Waals surface area contributed by atoms with Gasteiger partial charge in [-0.05, 0) is 61.6 Å². The van der Waals surface area contributed by atoms with E-state index in [0.717, 1.165) is 24.9 Å². The monoisotopic (exact) mass is 333 g/mol. The first kappa shape index (κ1) is 15.6. The molecule has 126 valence electrons. The van der Waals surface area contributed by atoms with Crippen LogP contribution in [-0.4, -0.2) is 17.5 Å². The second-order valence-corrected chi connectivity index (χ2v) is 6.49. The van der Waals surface area contributed by atoms with E-state index in [2.05, 4.69) is 16.5 Å². The molecule has 2 amide bonds. The molecular weight excluding hydrogens is 314 g/mol. The maximum Gasteiger partial charge on any atom is 0.265 e. The van der Waals surface area contributed by atoms with Gasteiger partial charge < -0.3 is 5.32 Å². The smallest absolute Gasteiger partial charge is 0.265 e. The second-order valence-electron chi connectivity index (χ2n) is 6.49. The highest BCUT2D eigenvalue weighted by Gasteiger charge is 2.39. The summed E-state index contributed by atoms with van der Waals surface area (Å²) >= 11 is 0. The summed E-state index contributed by atoms with van der Waals surface area (Å²) in [5.41, 5.74) is 4.55. The zero-order chi connectivity index (χ0) is 17.4. The molecule has 5 heteroatoms. The van der Waals surface area contributed by atoms with E-state index in [1.54, 1.807) is 19.1 Å². The van der Waals surface area contributed by atoms with Gasteiger partial charge in [-0.3, -0.25) is 9.59 Å². The van der Waals surface area contributed by atoms with Crippen LogP contribution in [-0.2, 0) is 22.4 Å². The van der Waals surface area contributed by atoms with Gasteiger partial charge in [0.05, 0.1) is 11.4 Å². The van der Waals surface area contributed by atoms with Crippen LogP contribution in [0.15, 0.2) is 53.6 Å². The Balaban J connectivity index is 1.53. The molecule has 0 spiro atoms. The van der Waals surface area contributed by atoms with Crippen LogP contribution in [0.25, 0.3) is 0 Å². The standard InChI is InChI=1S/C20H19N3O2/c1-13-18(20(25)23(22-13)17-8-3-2-4-9-17)19(24)21-16-11-10-14-6-5-7-15(14)12-16/h2-4,8-12,18H,5-7H2,1H3,(H,21,24). The second kappa shape index (κ2) is 6.16. The van der Waals surface area contributed by atoms with Crippen molar-refractivity contribution in [2.75, 3.05) is 10.3 Å². The molecule has 1 unspecified atom stereocenters. The van der Waals surface area contributed by atoms with E-state index in [-0.39, 0.29) is 11.8 Å². The summed E-state index contributed by atoms with van der Waals surface area (Å²) in [6.45, 7) is 1.72. The highest BCUT2D eigenvalue weighted by molar-refractivity contribution is 6.28. The molecule has 2 aliphatic rings. The number of para-hydroxylation sites is 1. The molecule has 0 saturated heterocycles. The molecule has 5 nitrogen and oxygen atoms in total. The lowest BCUT2D eigenvalue weighted by molar-refractivity contribution is -0.127. The molecule has 1 N–H and O–H groups in total. The van der Waals surface area contributed by atoms with Crippen LogP contribution in [0.4, 0.5) is 11.4 Å². The number of carbonyl (C=O) groups excluding carboxylic acids is 2. The highest BCUT2D eigenvalue weighted by Crippen LogP contribution is 2.27. The molecule has 1 heterocycles. The quantitative estimate of drug-likeness (QED) is 0.877. The number of fused-ring (bicyclic) bond motifs is 1. The van der Waals surface area contributed by atoms with Crippen molar-refractivity contribution in [1.82, 2.24) is 0 Å². The first-order valence-corrected chi connectivity index (χ1v) is 8.50. The average molecular weight is 333 g/mol. The van der Waals surface area contributed by atoms with Gasteiger partial charge in [0.2, 0.25) is 5.91 Å². The first-order valence-electron chi connectivity index (χ1n) is 8.50. The van der Waals surface area contributed by atoms with Crippen LogP contribution in [0.3, 0.4) is 0 Å². The minimum Gasteiger partial charge on any atom is -0.325 e. The van der Waals surface area contributed by atoms with E-state index in [1.807, 2.05) is 30.3 Å². The number of hydrogen-bond donors (Lipinski definition) is 1. The molecule has 1 aliphatic carbocycles. The normalized spacial score (nSPS) is 18.9. The molecule has 1 aliphatic heterocycles. The van der Waals surface area contributed by atoms with Gasteiger partial charge >= 0.3 is 0 Å². The fourth-order valence-electron chi connectivity index (χ4n) is 3.49. The van der Waals surface area contributed by atoms with Gasteiger partial charge in [-0.1, -0.05) is 24.3 Å². The maximum absolute atomic E-state index is 12.7. The van der Waals surface area contributed by atoms with Crippen LogP contribution in [0, 0.1) is 5.92 Å². The Morgan fingerprint density at radius 2 is 1.88 bits per heavy atom. The van der Waals surface area contributed by atoms with Gasteiger partial charge in [0, 0.05) is 5.69 Å². The lowest BCUT2D eigenvalue weighted by atomic mass is 10.0. The molecule has 0 bridgehead atoms. The summed E-state index contributed by atoms with van der Waals surface area (Å²) < 4.78 is 0. The van der Waals surface area contributed by atoms with Crippen molar-refractivity contribution in [3.8, 4) is 0 Å². The first-order chi connectivity index (χ1) is 12.1. The summed E-state index contributed by atoms with van der Waals surface area (Å²) in [6.07, 6.45) is 3.30. The molecule has 2 aromatic carbocycles. The van der Waals surface area contributed by atoms with Gasteiger partial charge in [0.25, 0.3) is 5.91 Å². The number of amides is 2. The number of rotatable bonds is 3. The summed E-state index contributed by atoms with van der Waals surface area (Å²) in [6, 6.07) is 15.1. The fraction of sp³-hybridized carbons (Fsp3) is 0.250. The molecule has 25 heavy (non-hydrogen) atoms. The Bertz CT molecular complexity index is 874. The number of hydrogen-bond acceptors (Lipinski definition) is 3. The predicted molar refractivity (Wildman–Crippen MR) is 97.6 cm³/mol. The number of carbonyl (C=O) groups is 2. The van der Waals surface area contributed by atoms with Gasteiger partial charge in [-0.2, -0.15) is 10.1 Å². The molecule has 4 rings (SSSR count). The van der Waals surface area contributed by atoms with Gasteiger partial charge in [-0.25, -0.2) is 0 Å². The summed E-state index contributed by atoms with van der Waals surface area (Å²) in [7, 11) is 0. The third-order valence-corrected chi connectivity index (χ3v) is 4.76. The van der Waals surface area contributed by atoms with Crippen molar-refractivity contribution in [3.63, 3.8) is 0 Å². The number of hydrazone groups is 1. The van der Waals surface area contributed by atoms with Crippen molar-refractivity contribution in [3.05, 3.63) is 59.7 Å². The largest absolute Gasteiger partial charge is 0.325 e. The number of aryl methyl sites for hydroxylation is 2. The lowest BCUT2D eigenvalue weighted by Gasteiger charge is -2.14. The molecule has 0 fully saturated rings. The van der Waals surface area contributed by atoms with E-state index in [4.69, 9.17) is 0 Å². The van der Waals surface area contributed by atoms with Crippen LogP contribution in [0.5, 0.6) is 0 Å². The van der Waals surface area contributed by atoms with Gasteiger partial charge in [-0.15, -0.1) is 0 Å². The SMILES string of the molecule is CC1=NN(c2ccccc2)C(=O)C1C(=O)Nc1ccc2c(c1)CCC2. The van der Waals surface area contributed by atoms with E-state index in [9.17, 15) is 9.59 Å². The van der Waals surface area contributed by atoms with Crippen molar-refractivity contribution in [2.45, 2.75) is 26.2 Å². The molecule has 1 atom stereocenters. The van der Waals surface area contributed by atoms with Crippen molar-refractivity contribution >= 4 is 28.9 Å². The third-order valence-electron chi connectivity index (χ3n) is 4.76. The van der Waals surface area contributed by atoms with E-state index in [1.165, 1.54) is 16.1 Å². The van der Waals surface area contributed by atoms with Crippen molar-refractivity contribution < 1.29 is 9.59 Å². The maximum atomic E-state index is 12.7. The number of nitrogens with zero attached hydrogens (tertiary/aromatic N) is 2. The summed E-state index contributed by atoms with van der Waals surface area (Å²) in [5.74, 6) is -1.53. The summed E-state index contributed by atoms with van der Waals surface area (Å²) in [5, 5.41) is 8.47. The zero-order valence-corrected chi connectivity index (χ0v) is 14.0. The Labute approximate surface area is 146 Å². The zero-order valence-electron chi connectivity index (χ0n) is 14.0. The highest BCUT2D eigenvalue weighted by atomic mass is 16.2. The van der Waals surface area contributed by atoms with Crippen LogP contribution < -0.4 is 10.3 Å². The fourth-order valence-corrected chi connectivity index (χ4v) is 3.49. The van der Waals surface area contributed by atoms with E-state index < -0.39 is 5.92 Å². The lowest BCUT2D eigenvalue weighted by Crippen LogP contribution is -2.36. The van der Waals surface area contributed by atoms with E-state index in [0.29, 0.717) is 11.4 Å². The Morgan fingerprint density at radius 1 is 1.12 bits per heavy atom. The van der Waals surface area contributed by atoms with Crippen LogP contribution in [0.2, 0.25) is 0 Å². The van der Waals surface area contributed by atoms with E-state index >= 15 is 0 Å². The molecule has 0 aromatic heterocycles. The molecule has 0 radical (unpaired) electrons. The minimum absolute atomic E-state index is 0.317.